The van der Waals surface area contributed by atoms with Crippen LogP contribution in [0.3, 0.4) is 0 Å². The normalized spacial score (nSPS) is 20.8. The lowest BCUT2D eigenvalue weighted by atomic mass is 9.76. The van der Waals surface area contributed by atoms with Gasteiger partial charge in [-0.05, 0) is 30.7 Å². The van der Waals surface area contributed by atoms with Gasteiger partial charge in [-0.1, -0.05) is 25.2 Å². The van der Waals surface area contributed by atoms with E-state index in [0.717, 1.165) is 45.9 Å². The van der Waals surface area contributed by atoms with E-state index in [-0.39, 0.29) is 12.5 Å². The molecule has 9 heteroatoms. The fourth-order valence-corrected chi connectivity index (χ4v) is 6.60. The fraction of sp³-hybridized carbons (Fsp3) is 0.565. The van der Waals surface area contributed by atoms with Crippen molar-refractivity contribution in [2.45, 2.75) is 39.2 Å². The average Bonchev–Trinajstić information content (AvgIpc) is 3.46. The van der Waals surface area contributed by atoms with Crippen molar-refractivity contribution in [2.24, 2.45) is 5.41 Å². The molecule has 1 aliphatic heterocycles. The highest BCUT2D eigenvalue weighted by Crippen LogP contribution is 2.42. The van der Waals surface area contributed by atoms with E-state index in [9.17, 15) is 9.90 Å². The highest BCUT2D eigenvalue weighted by molar-refractivity contribution is 7.22. The van der Waals surface area contributed by atoms with Crippen LogP contribution in [0.5, 0.6) is 0 Å². The van der Waals surface area contributed by atoms with Crippen LogP contribution in [0.25, 0.3) is 21.6 Å². The van der Waals surface area contributed by atoms with Crippen LogP contribution in [-0.2, 0) is 22.4 Å². The van der Waals surface area contributed by atoms with E-state index >= 15 is 0 Å². The molecule has 172 valence electrons. The van der Waals surface area contributed by atoms with Crippen LogP contribution in [0, 0.1) is 5.41 Å². The monoisotopic (exact) mass is 458 g/mol. The lowest BCUT2D eigenvalue weighted by Gasteiger charge is -2.43. The van der Waals surface area contributed by atoms with Crippen molar-refractivity contribution in [2.75, 3.05) is 40.0 Å². The van der Waals surface area contributed by atoms with E-state index in [1.165, 1.54) is 11.3 Å². The number of quaternary nitrogens is 1. The van der Waals surface area contributed by atoms with Crippen molar-refractivity contribution in [1.29, 1.82) is 0 Å². The van der Waals surface area contributed by atoms with Crippen molar-refractivity contribution in [3.05, 3.63) is 23.4 Å². The number of aromatic amines is 2. The Bertz CT molecular complexity index is 1110. The number of fused-ring (bicyclic) bond motifs is 2. The molecule has 1 atom stereocenters. The number of amides is 1. The summed E-state index contributed by atoms with van der Waals surface area (Å²) < 4.78 is 7.16. The van der Waals surface area contributed by atoms with Crippen LogP contribution >= 0.6 is 11.3 Å². The van der Waals surface area contributed by atoms with E-state index in [2.05, 4.69) is 46.5 Å². The third-order valence-electron chi connectivity index (χ3n) is 7.23. The third kappa shape index (κ3) is 3.48. The molecule has 4 N–H and O–H groups in total. The largest absolute Gasteiger partial charge is 0.390 e. The summed E-state index contributed by atoms with van der Waals surface area (Å²) in [6, 6.07) is 3.76. The van der Waals surface area contributed by atoms with Gasteiger partial charge in [0.05, 0.1) is 29.1 Å². The van der Waals surface area contributed by atoms with Gasteiger partial charge < -0.3 is 20.1 Å². The zero-order valence-corrected chi connectivity index (χ0v) is 19.8. The Morgan fingerprint density at radius 1 is 1.38 bits per heavy atom. The number of nitrogens with zero attached hydrogens (tertiary/aromatic N) is 2. The van der Waals surface area contributed by atoms with Crippen molar-refractivity contribution in [3.8, 4) is 11.4 Å². The Labute approximate surface area is 191 Å². The van der Waals surface area contributed by atoms with E-state index in [1.807, 2.05) is 0 Å². The van der Waals surface area contributed by atoms with Gasteiger partial charge in [0, 0.05) is 24.4 Å². The number of carbonyl (C=O) groups excluding carboxylic acids is 1. The minimum Gasteiger partial charge on any atom is -0.390 e. The highest BCUT2D eigenvalue weighted by atomic mass is 32.1. The Hall–Kier alpha value is -2.20. The number of carbonyl (C=O) groups is 1. The number of likely N-dealkylation sites (N-methyl/N-ethyl adjacent to an activating group) is 1. The molecule has 0 aromatic carbocycles. The van der Waals surface area contributed by atoms with Crippen LogP contribution in [-0.4, -0.2) is 72.2 Å². The topological polar surface area (TPSA) is 103 Å². The van der Waals surface area contributed by atoms with Crippen molar-refractivity contribution >= 4 is 32.5 Å². The summed E-state index contributed by atoms with van der Waals surface area (Å²) in [6.45, 7) is 6.89. The predicted molar refractivity (Wildman–Crippen MR) is 127 cm³/mol. The van der Waals surface area contributed by atoms with Crippen molar-refractivity contribution in [3.63, 3.8) is 0 Å². The summed E-state index contributed by atoms with van der Waals surface area (Å²) in [5, 5.41) is 21.8. The zero-order chi connectivity index (χ0) is 22.5. The molecule has 5 rings (SSSR count). The number of rotatable bonds is 5. The third-order valence-corrected chi connectivity index (χ3v) is 8.48. The summed E-state index contributed by atoms with van der Waals surface area (Å²) in [5.41, 5.74) is 6.00. The molecule has 3 aromatic rings. The summed E-state index contributed by atoms with van der Waals surface area (Å²) in [4.78, 5) is 16.2. The van der Waals surface area contributed by atoms with Gasteiger partial charge in [-0.2, -0.15) is 5.10 Å². The number of hydrogen-bond acceptors (Lipinski definition) is 5. The van der Waals surface area contributed by atoms with Gasteiger partial charge in [-0.15, -0.1) is 0 Å². The number of nitrogens with one attached hydrogen (secondary N) is 3. The fourth-order valence-electron chi connectivity index (χ4n) is 5.31. The first-order valence-corrected chi connectivity index (χ1v) is 12.1. The number of thiophene rings is 1. The number of aliphatic hydroxyl groups excluding tert-OH is 1. The molecule has 1 amide bonds. The van der Waals surface area contributed by atoms with E-state index in [1.54, 1.807) is 18.4 Å². The van der Waals surface area contributed by atoms with Gasteiger partial charge in [0.15, 0.2) is 11.0 Å². The Kier molecular flexibility index (Phi) is 5.40. The van der Waals surface area contributed by atoms with E-state index in [4.69, 9.17) is 4.74 Å². The first kappa shape index (κ1) is 21.6. The molecule has 0 bridgehead atoms. The standard InChI is InChI=1S/C23H31N5O3S/c1-23(2)5-4-14-17(12-23)26-27-21(14)16-10-19-15(25-16)11-20(32-19)28(6-8-31-9-7-28)18(13-29)22(30)24-3/h10-11,18,29H,4-9,12-13H2,1-3H3,(H2-,24,25,26,27,30)/p+1. The van der Waals surface area contributed by atoms with Gasteiger partial charge in [0.25, 0.3) is 5.91 Å². The van der Waals surface area contributed by atoms with E-state index in [0.29, 0.717) is 36.2 Å². The average molecular weight is 459 g/mol. The first-order valence-electron chi connectivity index (χ1n) is 11.3. The molecule has 4 heterocycles. The maximum absolute atomic E-state index is 12.6. The lowest BCUT2D eigenvalue weighted by molar-refractivity contribution is -0.128. The summed E-state index contributed by atoms with van der Waals surface area (Å²) >= 11 is 1.69. The van der Waals surface area contributed by atoms with Gasteiger partial charge in [0.1, 0.15) is 25.4 Å². The van der Waals surface area contributed by atoms with Crippen LogP contribution in [0.15, 0.2) is 12.1 Å². The Morgan fingerprint density at radius 2 is 2.16 bits per heavy atom. The van der Waals surface area contributed by atoms with Crippen molar-refractivity contribution in [1.82, 2.24) is 25.0 Å². The number of hydrogen-bond donors (Lipinski definition) is 4. The molecule has 1 aliphatic carbocycles. The number of aromatic nitrogens is 3. The maximum Gasteiger partial charge on any atom is 0.281 e. The van der Waals surface area contributed by atoms with Gasteiger partial charge in [0.2, 0.25) is 0 Å². The highest BCUT2D eigenvalue weighted by Gasteiger charge is 2.46. The molecule has 32 heavy (non-hydrogen) atoms. The Balaban J connectivity index is 1.51. The van der Waals surface area contributed by atoms with E-state index < -0.39 is 6.04 Å². The molecular weight excluding hydrogens is 426 g/mol. The molecule has 0 radical (unpaired) electrons. The predicted octanol–water partition coefficient (Wildman–Crippen LogP) is 2.58. The second kappa shape index (κ2) is 7.98. The summed E-state index contributed by atoms with van der Waals surface area (Å²) in [5.74, 6) is -0.141. The number of ether oxygens (including phenoxy) is 1. The van der Waals surface area contributed by atoms with Gasteiger partial charge in [-0.25, -0.2) is 0 Å². The van der Waals surface area contributed by atoms with Gasteiger partial charge >= 0.3 is 0 Å². The molecule has 1 unspecified atom stereocenters. The SMILES string of the molecule is CNC(=O)C(CO)[N+]1(c2cc3[nH]c(-c4n[nH]c5c4CCC(C)(C)C5)cc3s2)CCOCC1. The molecule has 2 aliphatic rings. The minimum atomic E-state index is -0.548. The second-order valence-corrected chi connectivity index (χ2v) is 10.9. The van der Waals surface area contributed by atoms with Gasteiger partial charge in [-0.3, -0.25) is 14.4 Å². The zero-order valence-electron chi connectivity index (χ0n) is 19.0. The summed E-state index contributed by atoms with van der Waals surface area (Å²) in [6.07, 6.45) is 3.23. The lowest BCUT2D eigenvalue weighted by Crippen LogP contribution is -2.67. The molecule has 1 saturated heterocycles. The van der Waals surface area contributed by atoms with Crippen molar-refractivity contribution < 1.29 is 14.6 Å². The molecule has 0 saturated carbocycles. The van der Waals surface area contributed by atoms with Crippen LogP contribution in [0.4, 0.5) is 5.00 Å². The molecular formula is C23H32N5O3S+. The first-order chi connectivity index (χ1) is 15.4. The van der Waals surface area contributed by atoms with Crippen LogP contribution in [0.1, 0.15) is 31.5 Å². The summed E-state index contributed by atoms with van der Waals surface area (Å²) in [7, 11) is 1.62. The molecule has 3 aromatic heterocycles. The van der Waals surface area contributed by atoms with Crippen LogP contribution in [0.2, 0.25) is 0 Å². The second-order valence-electron chi connectivity index (χ2n) is 9.82. The number of aliphatic hydroxyl groups is 1. The minimum absolute atomic E-state index is 0.141. The quantitative estimate of drug-likeness (QED) is 0.441. The van der Waals surface area contributed by atoms with Crippen LogP contribution < -0.4 is 9.80 Å². The smallest absolute Gasteiger partial charge is 0.281 e. The number of H-pyrrole nitrogens is 2. The molecule has 8 nitrogen and oxygen atoms in total. The number of morpholine rings is 1. The molecule has 1 fully saturated rings. The maximum atomic E-state index is 12.6. The molecule has 0 spiro atoms. The Morgan fingerprint density at radius 3 is 2.84 bits per heavy atom.